The van der Waals surface area contributed by atoms with Crippen molar-refractivity contribution in [2.24, 2.45) is 0 Å². The van der Waals surface area contributed by atoms with Gasteiger partial charge in [0.15, 0.2) is 0 Å². The van der Waals surface area contributed by atoms with Gasteiger partial charge in [0.1, 0.15) is 29.6 Å². The number of rotatable bonds is 7. The van der Waals surface area contributed by atoms with Gasteiger partial charge >= 0.3 is 0 Å². The van der Waals surface area contributed by atoms with Crippen LogP contribution in [0.3, 0.4) is 0 Å². The quantitative estimate of drug-likeness (QED) is 0.683. The number of anilines is 1. The zero-order valence-corrected chi connectivity index (χ0v) is 14.5. The molecule has 1 aromatic heterocycles. The second-order valence-corrected chi connectivity index (χ2v) is 5.79. The van der Waals surface area contributed by atoms with Crippen molar-refractivity contribution in [2.75, 3.05) is 12.4 Å². The van der Waals surface area contributed by atoms with Gasteiger partial charge in [-0.25, -0.2) is 0 Å². The largest absolute Gasteiger partial charge is 0.497 e. The minimum absolute atomic E-state index is 0.339. The summed E-state index contributed by atoms with van der Waals surface area (Å²) in [6.07, 6.45) is 0. The van der Waals surface area contributed by atoms with Crippen molar-refractivity contribution in [1.29, 1.82) is 0 Å². The van der Waals surface area contributed by atoms with Crippen LogP contribution in [0.25, 0.3) is 0 Å². The number of ether oxygens (including phenoxy) is 2. The molecule has 0 aliphatic carbocycles. The summed E-state index contributed by atoms with van der Waals surface area (Å²) >= 11 is 5.93. The minimum atomic E-state index is 0.339. The number of hydrogen-bond donors (Lipinski definition) is 1. The average Bonchev–Trinajstić information content (AvgIpc) is 2.66. The molecule has 1 heterocycles. The van der Waals surface area contributed by atoms with Crippen LogP contribution in [0.5, 0.6) is 11.5 Å². The van der Waals surface area contributed by atoms with E-state index in [0.717, 1.165) is 17.0 Å². The molecule has 5 nitrogen and oxygen atoms in total. The second kappa shape index (κ2) is 8.35. The molecule has 0 aliphatic heterocycles. The number of benzene rings is 2. The summed E-state index contributed by atoms with van der Waals surface area (Å²) in [5, 5.41) is 12.2. The van der Waals surface area contributed by atoms with E-state index in [2.05, 4.69) is 15.5 Å². The van der Waals surface area contributed by atoms with Crippen molar-refractivity contribution in [2.45, 2.75) is 13.2 Å². The van der Waals surface area contributed by atoms with Crippen LogP contribution in [-0.4, -0.2) is 17.3 Å². The first-order valence-corrected chi connectivity index (χ1v) is 8.18. The lowest BCUT2D eigenvalue weighted by atomic mass is 10.2. The van der Waals surface area contributed by atoms with Crippen LogP contribution >= 0.6 is 11.6 Å². The molecule has 0 amide bonds. The molecule has 0 bridgehead atoms. The molecule has 25 heavy (non-hydrogen) atoms. The summed E-state index contributed by atoms with van der Waals surface area (Å²) in [4.78, 5) is 0. The van der Waals surface area contributed by atoms with Crippen molar-refractivity contribution >= 4 is 17.4 Å². The maximum Gasteiger partial charge on any atom is 0.148 e. The van der Waals surface area contributed by atoms with E-state index in [9.17, 15) is 0 Å². The number of nitrogens with zero attached hydrogens (tertiary/aromatic N) is 2. The van der Waals surface area contributed by atoms with Crippen molar-refractivity contribution in [3.63, 3.8) is 0 Å². The van der Waals surface area contributed by atoms with E-state index in [1.807, 2.05) is 48.5 Å². The van der Waals surface area contributed by atoms with Gasteiger partial charge in [0.2, 0.25) is 0 Å². The van der Waals surface area contributed by atoms with E-state index in [0.29, 0.717) is 29.7 Å². The monoisotopic (exact) mass is 355 g/mol. The highest BCUT2D eigenvalue weighted by molar-refractivity contribution is 6.30. The van der Waals surface area contributed by atoms with E-state index in [1.54, 1.807) is 19.2 Å². The third kappa shape index (κ3) is 5.09. The first-order chi connectivity index (χ1) is 12.2. The highest BCUT2D eigenvalue weighted by Crippen LogP contribution is 2.18. The summed E-state index contributed by atoms with van der Waals surface area (Å²) in [5.41, 5.74) is 1.88. The molecule has 0 saturated carbocycles. The molecule has 2 aromatic carbocycles. The summed E-state index contributed by atoms with van der Waals surface area (Å²) in [7, 11) is 1.65. The lowest BCUT2D eigenvalue weighted by Gasteiger charge is -2.08. The van der Waals surface area contributed by atoms with E-state index >= 15 is 0 Å². The Morgan fingerprint density at radius 2 is 1.80 bits per heavy atom. The third-order valence-electron chi connectivity index (χ3n) is 3.54. The average molecular weight is 356 g/mol. The fraction of sp³-hybridized carbons (Fsp3) is 0.158. The lowest BCUT2D eigenvalue weighted by molar-refractivity contribution is 0.300. The second-order valence-electron chi connectivity index (χ2n) is 5.36. The summed E-state index contributed by atoms with van der Waals surface area (Å²) in [5.74, 6) is 2.26. The van der Waals surface area contributed by atoms with Gasteiger partial charge in [-0.3, -0.25) is 0 Å². The zero-order chi connectivity index (χ0) is 17.5. The summed E-state index contributed by atoms with van der Waals surface area (Å²) < 4.78 is 10.8. The Morgan fingerprint density at radius 3 is 2.48 bits per heavy atom. The molecule has 0 atom stereocenters. The molecule has 128 valence electrons. The number of methoxy groups -OCH3 is 1. The smallest absolute Gasteiger partial charge is 0.148 e. The predicted octanol–water partition coefficient (Wildman–Crippen LogP) is 4.33. The number of aromatic nitrogens is 2. The number of nitrogens with one attached hydrogen (secondary N) is 1. The van der Waals surface area contributed by atoms with Gasteiger partial charge in [0, 0.05) is 11.6 Å². The van der Waals surface area contributed by atoms with Crippen LogP contribution in [0, 0.1) is 0 Å². The molecular formula is C19H18ClN3O2. The highest BCUT2D eigenvalue weighted by Gasteiger charge is 2.01. The molecule has 0 unspecified atom stereocenters. The SMILES string of the molecule is COc1ccc(CNc2ccc(COc3cccc(Cl)c3)nn2)cc1. The molecule has 6 heteroatoms. The van der Waals surface area contributed by atoms with Gasteiger partial charge in [-0.05, 0) is 48.0 Å². The highest BCUT2D eigenvalue weighted by atomic mass is 35.5. The van der Waals surface area contributed by atoms with Crippen LogP contribution in [0.15, 0.2) is 60.7 Å². The third-order valence-corrected chi connectivity index (χ3v) is 3.77. The first-order valence-electron chi connectivity index (χ1n) is 7.81. The maximum absolute atomic E-state index is 5.93. The van der Waals surface area contributed by atoms with E-state index in [4.69, 9.17) is 21.1 Å². The van der Waals surface area contributed by atoms with E-state index < -0.39 is 0 Å². The fourth-order valence-electron chi connectivity index (χ4n) is 2.18. The Balaban J connectivity index is 1.51. The van der Waals surface area contributed by atoms with Crippen LogP contribution in [0.4, 0.5) is 5.82 Å². The summed E-state index contributed by atoms with van der Waals surface area (Å²) in [6, 6.07) is 18.9. The Morgan fingerprint density at radius 1 is 0.960 bits per heavy atom. The molecule has 0 fully saturated rings. The molecule has 0 spiro atoms. The topological polar surface area (TPSA) is 56.3 Å². The lowest BCUT2D eigenvalue weighted by Crippen LogP contribution is -2.05. The fourth-order valence-corrected chi connectivity index (χ4v) is 2.36. The molecular weight excluding hydrogens is 338 g/mol. The van der Waals surface area contributed by atoms with Gasteiger partial charge in [-0.1, -0.05) is 29.8 Å². The van der Waals surface area contributed by atoms with Crippen molar-refractivity contribution in [3.8, 4) is 11.5 Å². The van der Waals surface area contributed by atoms with Crippen molar-refractivity contribution < 1.29 is 9.47 Å². The van der Waals surface area contributed by atoms with Gasteiger partial charge in [-0.2, -0.15) is 0 Å². The van der Waals surface area contributed by atoms with Crippen LogP contribution in [0.1, 0.15) is 11.3 Å². The molecule has 1 N–H and O–H groups in total. The number of hydrogen-bond acceptors (Lipinski definition) is 5. The van der Waals surface area contributed by atoms with Crippen molar-refractivity contribution in [1.82, 2.24) is 10.2 Å². The molecule has 0 saturated heterocycles. The van der Waals surface area contributed by atoms with Crippen LogP contribution < -0.4 is 14.8 Å². The van der Waals surface area contributed by atoms with Gasteiger partial charge in [0.25, 0.3) is 0 Å². The van der Waals surface area contributed by atoms with Crippen molar-refractivity contribution in [3.05, 3.63) is 76.9 Å². The van der Waals surface area contributed by atoms with Gasteiger partial charge in [-0.15, -0.1) is 10.2 Å². The Hall–Kier alpha value is -2.79. The Bertz CT molecular complexity index is 808. The molecule has 0 aliphatic rings. The zero-order valence-electron chi connectivity index (χ0n) is 13.8. The molecule has 3 aromatic rings. The first kappa shape index (κ1) is 17.0. The molecule has 3 rings (SSSR count). The maximum atomic E-state index is 5.93. The number of halogens is 1. The Kier molecular flexibility index (Phi) is 5.69. The molecule has 0 radical (unpaired) electrons. The predicted molar refractivity (Wildman–Crippen MR) is 98.1 cm³/mol. The van der Waals surface area contributed by atoms with Crippen LogP contribution in [0.2, 0.25) is 5.02 Å². The minimum Gasteiger partial charge on any atom is -0.497 e. The normalized spacial score (nSPS) is 10.3. The standard InChI is InChI=1S/C19H18ClN3O2/c1-24-17-8-5-14(6-9-17)12-21-19-10-7-16(22-23-19)13-25-18-4-2-3-15(20)11-18/h2-11H,12-13H2,1H3,(H,21,23). The Labute approximate surface area is 151 Å². The van der Waals surface area contributed by atoms with Gasteiger partial charge in [0.05, 0.1) is 7.11 Å². The van der Waals surface area contributed by atoms with Gasteiger partial charge < -0.3 is 14.8 Å². The van der Waals surface area contributed by atoms with E-state index in [-0.39, 0.29) is 0 Å². The van der Waals surface area contributed by atoms with Crippen LogP contribution in [-0.2, 0) is 13.2 Å². The summed E-state index contributed by atoms with van der Waals surface area (Å²) in [6.45, 7) is 1.00. The van der Waals surface area contributed by atoms with E-state index in [1.165, 1.54) is 0 Å².